The molecule has 2 bridgehead atoms. The second-order valence-corrected chi connectivity index (χ2v) is 5.42. The Bertz CT molecular complexity index is 577. The lowest BCUT2D eigenvalue weighted by molar-refractivity contribution is -0.147. The van der Waals surface area contributed by atoms with Crippen LogP contribution in [0.4, 0.5) is 0 Å². The summed E-state index contributed by atoms with van der Waals surface area (Å²) in [4.78, 5) is 27.6. The number of aromatic nitrogens is 1. The topological polar surface area (TPSA) is 92.4 Å². The van der Waals surface area contributed by atoms with Gasteiger partial charge in [-0.15, -0.1) is 0 Å². The van der Waals surface area contributed by atoms with Crippen LogP contribution in [-0.2, 0) is 16.1 Å². The highest BCUT2D eigenvalue weighted by Crippen LogP contribution is 2.48. The van der Waals surface area contributed by atoms with Crippen LogP contribution in [0.1, 0.15) is 18.1 Å². The van der Waals surface area contributed by atoms with Crippen LogP contribution in [0.3, 0.4) is 0 Å². The number of carboxylic acids is 1. The number of carboxylic acid groups (broad SMARTS) is 1. The van der Waals surface area contributed by atoms with Crippen molar-refractivity contribution in [3.63, 3.8) is 0 Å². The summed E-state index contributed by atoms with van der Waals surface area (Å²) in [5, 5.41) is 12.0. The van der Waals surface area contributed by atoms with E-state index >= 15 is 0 Å². The third kappa shape index (κ3) is 2.11. The second-order valence-electron chi connectivity index (χ2n) is 5.42. The lowest BCUT2D eigenvalue weighted by Crippen LogP contribution is -2.39. The molecule has 4 unspecified atom stereocenters. The van der Waals surface area contributed by atoms with E-state index in [4.69, 9.17) is 4.42 Å². The zero-order chi connectivity index (χ0) is 14.3. The van der Waals surface area contributed by atoms with Crippen LogP contribution in [0.15, 0.2) is 22.8 Å². The molecule has 0 aliphatic heterocycles. The van der Waals surface area contributed by atoms with Gasteiger partial charge >= 0.3 is 5.97 Å². The lowest BCUT2D eigenvalue weighted by atomic mass is 9.82. The average molecular weight is 276 g/mol. The molecule has 2 N–H and O–H groups in total. The van der Waals surface area contributed by atoms with E-state index in [-0.39, 0.29) is 24.3 Å². The minimum Gasteiger partial charge on any atom is -0.481 e. The van der Waals surface area contributed by atoms with Gasteiger partial charge in [-0.25, -0.2) is 4.98 Å². The summed E-state index contributed by atoms with van der Waals surface area (Å²) < 4.78 is 5.28. The molecule has 0 spiro atoms. The number of rotatable bonds is 4. The molecule has 106 valence electrons. The van der Waals surface area contributed by atoms with E-state index in [1.807, 2.05) is 12.2 Å². The summed E-state index contributed by atoms with van der Waals surface area (Å²) in [6.07, 6.45) is 6.23. The number of nitrogens with one attached hydrogen (secondary N) is 1. The number of amides is 1. The highest BCUT2D eigenvalue weighted by molar-refractivity contribution is 5.86. The predicted molar refractivity (Wildman–Crippen MR) is 68.4 cm³/mol. The number of hydrogen-bond acceptors (Lipinski definition) is 4. The Balaban J connectivity index is 1.67. The normalized spacial score (nSPS) is 30.6. The maximum atomic E-state index is 12.3. The van der Waals surface area contributed by atoms with Gasteiger partial charge in [0.25, 0.3) is 0 Å². The highest BCUT2D eigenvalue weighted by atomic mass is 16.4. The van der Waals surface area contributed by atoms with E-state index in [0.29, 0.717) is 11.7 Å². The number of allylic oxidation sites excluding steroid dienone is 2. The maximum Gasteiger partial charge on any atom is 0.307 e. The number of carbonyl (C=O) groups excluding carboxylic acids is 1. The fourth-order valence-electron chi connectivity index (χ4n) is 3.28. The van der Waals surface area contributed by atoms with E-state index < -0.39 is 17.8 Å². The molecule has 1 aromatic rings. The van der Waals surface area contributed by atoms with Crippen molar-refractivity contribution >= 4 is 11.9 Å². The molecule has 0 aromatic carbocycles. The summed E-state index contributed by atoms with van der Waals surface area (Å²) in [5.41, 5.74) is 0. The molecule has 4 atom stereocenters. The molecule has 6 heteroatoms. The molecule has 6 nitrogen and oxygen atoms in total. The van der Waals surface area contributed by atoms with Crippen LogP contribution in [0, 0.1) is 30.6 Å². The van der Waals surface area contributed by atoms with Crippen LogP contribution in [0.2, 0.25) is 0 Å². The monoisotopic (exact) mass is 276 g/mol. The Morgan fingerprint density at radius 1 is 1.40 bits per heavy atom. The maximum absolute atomic E-state index is 12.3. The van der Waals surface area contributed by atoms with Crippen molar-refractivity contribution in [3.05, 3.63) is 30.0 Å². The molecule has 0 radical (unpaired) electrons. The Morgan fingerprint density at radius 3 is 2.70 bits per heavy atom. The third-order valence-corrected chi connectivity index (χ3v) is 4.13. The predicted octanol–water partition coefficient (Wildman–Crippen LogP) is 1.12. The number of oxazole rings is 1. The molecular weight excluding hydrogens is 260 g/mol. The van der Waals surface area contributed by atoms with Gasteiger partial charge in [0.1, 0.15) is 5.76 Å². The second kappa shape index (κ2) is 4.77. The smallest absolute Gasteiger partial charge is 0.307 e. The van der Waals surface area contributed by atoms with Gasteiger partial charge in [0, 0.05) is 0 Å². The molecule has 1 saturated carbocycles. The third-order valence-electron chi connectivity index (χ3n) is 4.13. The molecule has 2 aliphatic carbocycles. The SMILES string of the molecule is Cc1cnc(CNC(=O)C2C3C=CC(C3)C2C(=O)O)o1. The van der Waals surface area contributed by atoms with Crippen LogP contribution in [0.25, 0.3) is 0 Å². The summed E-state index contributed by atoms with van der Waals surface area (Å²) in [6.45, 7) is 1.97. The van der Waals surface area contributed by atoms with Crippen molar-refractivity contribution < 1.29 is 19.1 Å². The Labute approximate surface area is 115 Å². The Morgan fingerprint density at radius 2 is 2.10 bits per heavy atom. The highest BCUT2D eigenvalue weighted by Gasteiger charge is 2.51. The van der Waals surface area contributed by atoms with Gasteiger partial charge in [-0.2, -0.15) is 0 Å². The van der Waals surface area contributed by atoms with E-state index in [2.05, 4.69) is 10.3 Å². The quantitative estimate of drug-likeness (QED) is 0.804. The Hall–Kier alpha value is -2.11. The molecule has 1 aromatic heterocycles. The van der Waals surface area contributed by atoms with Crippen LogP contribution in [0.5, 0.6) is 0 Å². The molecule has 1 amide bonds. The molecule has 0 saturated heterocycles. The minimum absolute atomic E-state index is 0.0165. The zero-order valence-electron chi connectivity index (χ0n) is 11.1. The first kappa shape index (κ1) is 12.9. The fourth-order valence-corrected chi connectivity index (χ4v) is 3.28. The van der Waals surface area contributed by atoms with Gasteiger partial charge in [-0.1, -0.05) is 12.2 Å². The number of aliphatic carboxylic acids is 1. The van der Waals surface area contributed by atoms with Crippen molar-refractivity contribution in [1.82, 2.24) is 10.3 Å². The van der Waals surface area contributed by atoms with Gasteiger partial charge in [0.05, 0.1) is 24.6 Å². The van der Waals surface area contributed by atoms with Crippen molar-refractivity contribution in [2.24, 2.45) is 23.7 Å². The first-order chi connectivity index (χ1) is 9.56. The number of nitrogens with zero attached hydrogens (tertiary/aromatic N) is 1. The zero-order valence-corrected chi connectivity index (χ0v) is 11.1. The molecule has 1 heterocycles. The van der Waals surface area contributed by atoms with Crippen LogP contribution in [-0.4, -0.2) is 22.0 Å². The van der Waals surface area contributed by atoms with Crippen LogP contribution >= 0.6 is 0 Å². The number of carbonyl (C=O) groups is 2. The summed E-state index contributed by atoms with van der Waals surface area (Å²) in [6, 6.07) is 0. The van der Waals surface area contributed by atoms with E-state index in [0.717, 1.165) is 6.42 Å². The van der Waals surface area contributed by atoms with Gasteiger partial charge in [0.15, 0.2) is 0 Å². The molecule has 2 aliphatic rings. The minimum atomic E-state index is -0.894. The van der Waals surface area contributed by atoms with Gasteiger partial charge in [0.2, 0.25) is 11.8 Å². The molecule has 1 fully saturated rings. The van der Waals surface area contributed by atoms with Crippen LogP contribution < -0.4 is 5.32 Å². The molecular formula is C14H16N2O4. The molecule has 3 rings (SSSR count). The number of fused-ring (bicyclic) bond motifs is 2. The van der Waals surface area contributed by atoms with E-state index in [9.17, 15) is 14.7 Å². The van der Waals surface area contributed by atoms with E-state index in [1.165, 1.54) is 0 Å². The number of hydrogen-bond donors (Lipinski definition) is 2. The molecule has 20 heavy (non-hydrogen) atoms. The average Bonchev–Trinajstić information content (AvgIpc) is 3.10. The first-order valence-electron chi connectivity index (χ1n) is 6.66. The van der Waals surface area contributed by atoms with Gasteiger partial charge < -0.3 is 14.8 Å². The van der Waals surface area contributed by atoms with Crippen molar-refractivity contribution in [1.29, 1.82) is 0 Å². The first-order valence-corrected chi connectivity index (χ1v) is 6.66. The van der Waals surface area contributed by atoms with Gasteiger partial charge in [-0.05, 0) is 25.2 Å². The Kier molecular flexibility index (Phi) is 3.08. The van der Waals surface area contributed by atoms with Gasteiger partial charge in [-0.3, -0.25) is 9.59 Å². The largest absolute Gasteiger partial charge is 0.481 e. The summed E-state index contributed by atoms with van der Waals surface area (Å²) in [5.74, 6) is -1.10. The number of aryl methyl sites for hydroxylation is 1. The summed E-state index contributed by atoms with van der Waals surface area (Å²) in [7, 11) is 0. The summed E-state index contributed by atoms with van der Waals surface area (Å²) >= 11 is 0. The standard InChI is InChI=1S/C14H16N2O4/c1-7-5-15-10(20-7)6-16-13(17)11-8-2-3-9(4-8)12(11)14(18)19/h2-3,5,8-9,11-12H,4,6H2,1H3,(H,16,17)(H,18,19). The van der Waals surface area contributed by atoms with Crippen molar-refractivity contribution in [2.75, 3.05) is 0 Å². The fraction of sp³-hybridized carbons (Fsp3) is 0.500. The van der Waals surface area contributed by atoms with Crippen molar-refractivity contribution in [2.45, 2.75) is 19.9 Å². The van der Waals surface area contributed by atoms with E-state index in [1.54, 1.807) is 13.1 Å². The lowest BCUT2D eigenvalue weighted by Gasteiger charge is -2.23. The van der Waals surface area contributed by atoms with Crippen molar-refractivity contribution in [3.8, 4) is 0 Å².